The Balaban J connectivity index is 3.69. The highest BCUT2D eigenvalue weighted by molar-refractivity contribution is 7.70. The van der Waals surface area contributed by atoms with Gasteiger partial charge in [-0.3, -0.25) is 9.13 Å². The summed E-state index contributed by atoms with van der Waals surface area (Å²) in [6, 6.07) is 0. The molecule has 20 heavy (non-hydrogen) atoms. The third-order valence-corrected chi connectivity index (χ3v) is 6.38. The average molecular weight is 332 g/mol. The number of aliphatic hydroxyl groups is 1. The van der Waals surface area contributed by atoms with Crippen molar-refractivity contribution in [2.75, 3.05) is 6.61 Å². The number of hydrogen-bond acceptors (Lipinski definition) is 4. The van der Waals surface area contributed by atoms with E-state index in [4.69, 9.17) is 14.9 Å². The number of rotatable bonds is 12. The Morgan fingerprint density at radius 2 is 1.35 bits per heavy atom. The molecule has 122 valence electrons. The first-order valence-corrected chi connectivity index (χ1v) is 10.2. The topological polar surface area (TPSA) is 124 Å². The average Bonchev–Trinajstić information content (AvgIpc) is 2.34. The van der Waals surface area contributed by atoms with Crippen LogP contribution in [-0.2, 0) is 13.7 Å². The van der Waals surface area contributed by atoms with Gasteiger partial charge < -0.3 is 24.3 Å². The summed E-state index contributed by atoms with van der Waals surface area (Å²) >= 11 is 0. The molecule has 9 heteroatoms. The van der Waals surface area contributed by atoms with Gasteiger partial charge in [-0.05, 0) is 6.42 Å². The highest BCUT2D eigenvalue weighted by atomic mass is 31.2. The Morgan fingerprint density at radius 3 is 1.80 bits per heavy atom. The molecule has 4 N–H and O–H groups in total. The molecule has 0 aromatic heterocycles. The second kappa shape index (κ2) is 10.1. The van der Waals surface area contributed by atoms with Gasteiger partial charge >= 0.3 is 15.2 Å². The molecule has 0 aromatic carbocycles. The highest BCUT2D eigenvalue weighted by Gasteiger charge is 2.44. The summed E-state index contributed by atoms with van der Waals surface area (Å²) in [6.45, 7) is 2.05. The molecule has 0 rings (SSSR count). The van der Waals surface area contributed by atoms with Gasteiger partial charge in [0.1, 0.15) is 0 Å². The van der Waals surface area contributed by atoms with Crippen LogP contribution in [0.5, 0.6) is 0 Å². The molecule has 0 aromatic rings. The largest absolute Gasteiger partial charge is 0.370 e. The van der Waals surface area contributed by atoms with Crippen LogP contribution in [0, 0.1) is 0 Å². The molecule has 0 aliphatic rings. The zero-order chi connectivity index (χ0) is 15.6. The smallest absolute Gasteiger partial charge is 0.368 e. The predicted octanol–water partition coefficient (Wildman–Crippen LogP) is 2.78. The normalized spacial score (nSPS) is 16.9. The summed E-state index contributed by atoms with van der Waals surface area (Å²) in [5.74, 6) is 0. The first-order valence-electron chi connectivity index (χ1n) is 6.92. The maximum absolute atomic E-state index is 11.4. The van der Waals surface area contributed by atoms with Gasteiger partial charge in [0.15, 0.2) is 0 Å². The van der Waals surface area contributed by atoms with E-state index in [1.165, 1.54) is 25.7 Å². The Labute approximate surface area is 120 Å². The van der Waals surface area contributed by atoms with E-state index >= 15 is 0 Å². The van der Waals surface area contributed by atoms with Crippen molar-refractivity contribution < 1.29 is 33.4 Å². The van der Waals surface area contributed by atoms with E-state index in [0.29, 0.717) is 6.42 Å². The standard InChI is InChI=1S/C11H26O7P2/c1-2-3-4-5-6-7-8-9-10-18-20(16,17)11(12)19(13,14)15/h11-12H,2-10H2,1H3,(H,16,17)(H2,13,14,15). The Bertz CT molecular complexity index is 342. The second-order valence-electron chi connectivity index (χ2n) is 4.81. The maximum atomic E-state index is 11.4. The van der Waals surface area contributed by atoms with Crippen molar-refractivity contribution in [2.24, 2.45) is 0 Å². The quantitative estimate of drug-likeness (QED) is 0.320. The Kier molecular flexibility index (Phi) is 10.2. The summed E-state index contributed by atoms with van der Waals surface area (Å²) in [5, 5.41) is 9.04. The molecule has 0 bridgehead atoms. The molecule has 2 unspecified atom stereocenters. The van der Waals surface area contributed by atoms with Crippen LogP contribution in [0.4, 0.5) is 0 Å². The fraction of sp³-hybridized carbons (Fsp3) is 1.00. The van der Waals surface area contributed by atoms with Gasteiger partial charge in [-0.1, -0.05) is 51.9 Å². The van der Waals surface area contributed by atoms with Gasteiger partial charge in [-0.15, -0.1) is 0 Å². The van der Waals surface area contributed by atoms with Crippen molar-refractivity contribution in [3.63, 3.8) is 0 Å². The van der Waals surface area contributed by atoms with Crippen molar-refractivity contribution in [1.29, 1.82) is 0 Å². The molecule has 0 heterocycles. The molecule has 7 nitrogen and oxygen atoms in total. The van der Waals surface area contributed by atoms with Gasteiger partial charge in [-0.25, -0.2) is 0 Å². The van der Waals surface area contributed by atoms with Gasteiger partial charge in [0.2, 0.25) is 0 Å². The summed E-state index contributed by atoms with van der Waals surface area (Å²) in [6.07, 6.45) is 8.24. The van der Waals surface area contributed by atoms with E-state index in [9.17, 15) is 14.0 Å². The van der Waals surface area contributed by atoms with E-state index in [-0.39, 0.29) is 6.61 Å². The molecule has 2 atom stereocenters. The van der Waals surface area contributed by atoms with Crippen molar-refractivity contribution in [1.82, 2.24) is 0 Å². The van der Waals surface area contributed by atoms with Crippen LogP contribution in [0.15, 0.2) is 0 Å². The summed E-state index contributed by atoms with van der Waals surface area (Å²) in [7, 11) is -9.72. The van der Waals surface area contributed by atoms with Crippen molar-refractivity contribution >= 4 is 15.2 Å². The third-order valence-electron chi connectivity index (χ3n) is 2.87. The van der Waals surface area contributed by atoms with E-state index in [0.717, 1.165) is 19.3 Å². The van der Waals surface area contributed by atoms with Crippen molar-refractivity contribution in [2.45, 2.75) is 63.9 Å². The summed E-state index contributed by atoms with van der Waals surface area (Å²) in [4.78, 5) is 26.4. The molecule has 0 fully saturated rings. The highest BCUT2D eigenvalue weighted by Crippen LogP contribution is 2.61. The molecule has 0 aliphatic carbocycles. The lowest BCUT2D eigenvalue weighted by atomic mass is 10.1. The lowest BCUT2D eigenvalue weighted by Gasteiger charge is -2.18. The predicted molar refractivity (Wildman–Crippen MR) is 76.4 cm³/mol. The van der Waals surface area contributed by atoms with Crippen LogP contribution in [-0.4, -0.2) is 32.0 Å². The van der Waals surface area contributed by atoms with Crippen LogP contribution in [0.25, 0.3) is 0 Å². The number of unbranched alkanes of at least 4 members (excludes halogenated alkanes) is 7. The molecule has 0 amide bonds. The number of aliphatic hydroxyl groups excluding tert-OH is 1. The van der Waals surface area contributed by atoms with E-state index in [1.807, 2.05) is 0 Å². The van der Waals surface area contributed by atoms with Gasteiger partial charge in [0, 0.05) is 0 Å². The third kappa shape index (κ3) is 9.24. The molecule has 0 radical (unpaired) electrons. The van der Waals surface area contributed by atoms with Gasteiger partial charge in [-0.2, -0.15) is 0 Å². The van der Waals surface area contributed by atoms with Crippen LogP contribution >= 0.6 is 15.2 Å². The second-order valence-corrected chi connectivity index (χ2v) is 8.76. The lowest BCUT2D eigenvalue weighted by molar-refractivity contribution is 0.186. The van der Waals surface area contributed by atoms with Crippen molar-refractivity contribution in [3.05, 3.63) is 0 Å². The SMILES string of the molecule is CCCCCCCCCCOP(=O)(O)C(O)P(=O)(O)O. The van der Waals surface area contributed by atoms with Crippen LogP contribution < -0.4 is 0 Å². The first-order chi connectivity index (χ1) is 9.22. The van der Waals surface area contributed by atoms with Crippen LogP contribution in [0.1, 0.15) is 58.3 Å². The molecule has 0 spiro atoms. The molecule has 0 aliphatic heterocycles. The molecular weight excluding hydrogens is 306 g/mol. The minimum absolute atomic E-state index is 0.0974. The van der Waals surface area contributed by atoms with Crippen LogP contribution in [0.2, 0.25) is 0 Å². The summed E-state index contributed by atoms with van der Waals surface area (Å²) in [5.41, 5.74) is -2.66. The zero-order valence-corrected chi connectivity index (χ0v) is 13.6. The van der Waals surface area contributed by atoms with Gasteiger partial charge in [0.05, 0.1) is 6.61 Å². The lowest BCUT2D eigenvalue weighted by Crippen LogP contribution is -2.10. The maximum Gasteiger partial charge on any atom is 0.368 e. The van der Waals surface area contributed by atoms with E-state index < -0.39 is 20.8 Å². The van der Waals surface area contributed by atoms with Gasteiger partial charge in [0.25, 0.3) is 5.59 Å². The fourth-order valence-corrected chi connectivity index (χ4v) is 3.93. The van der Waals surface area contributed by atoms with Crippen molar-refractivity contribution in [3.8, 4) is 0 Å². The summed E-state index contributed by atoms with van der Waals surface area (Å²) < 4.78 is 26.6. The fourth-order valence-electron chi connectivity index (χ4n) is 1.69. The monoisotopic (exact) mass is 332 g/mol. The molecular formula is C11H26O7P2. The Morgan fingerprint density at radius 1 is 0.900 bits per heavy atom. The van der Waals surface area contributed by atoms with E-state index in [2.05, 4.69) is 11.4 Å². The molecule has 0 saturated heterocycles. The van der Waals surface area contributed by atoms with E-state index in [1.54, 1.807) is 0 Å². The zero-order valence-electron chi connectivity index (χ0n) is 11.8. The minimum atomic E-state index is -5.04. The Hall–Kier alpha value is 0.260. The van der Waals surface area contributed by atoms with Crippen LogP contribution in [0.3, 0.4) is 0 Å². The first kappa shape index (κ1) is 20.3. The molecule has 0 saturated carbocycles. The minimum Gasteiger partial charge on any atom is -0.370 e. The number of hydrogen-bond donors (Lipinski definition) is 4.